The minimum absolute atomic E-state index is 0.242. The third kappa shape index (κ3) is 4.27. The van der Waals surface area contributed by atoms with E-state index in [1.54, 1.807) is 13.8 Å². The zero-order valence-electron chi connectivity index (χ0n) is 11.9. The van der Waals surface area contributed by atoms with Crippen LogP contribution in [0.5, 0.6) is 0 Å². The maximum absolute atomic E-state index is 12.1. The van der Waals surface area contributed by atoms with E-state index in [0.29, 0.717) is 13.0 Å². The van der Waals surface area contributed by atoms with Gasteiger partial charge in [0.05, 0.1) is 12.2 Å². The standard InChI is InChI=1S/C13H19N3O4/c1-4-20-12(18)13(2,5-6-19-3)16-11(17)10-7-14-9-15-8-10/h7-9H,4-6H2,1-3H3,(H,16,17). The Bertz CT molecular complexity index is 452. The third-order valence-electron chi connectivity index (χ3n) is 2.74. The van der Waals surface area contributed by atoms with Crippen LogP contribution in [-0.4, -0.2) is 47.7 Å². The van der Waals surface area contributed by atoms with E-state index in [1.165, 1.54) is 25.8 Å². The summed E-state index contributed by atoms with van der Waals surface area (Å²) in [6.45, 7) is 3.87. The van der Waals surface area contributed by atoms with Crippen LogP contribution in [0.1, 0.15) is 30.6 Å². The molecule has 0 bridgehead atoms. The predicted molar refractivity (Wildman–Crippen MR) is 71.0 cm³/mol. The molecule has 0 radical (unpaired) electrons. The van der Waals surface area contributed by atoms with Crippen LogP contribution >= 0.6 is 0 Å². The summed E-state index contributed by atoms with van der Waals surface area (Å²) in [5.74, 6) is -0.931. The van der Waals surface area contributed by atoms with E-state index in [9.17, 15) is 9.59 Å². The SMILES string of the molecule is CCOC(=O)C(C)(CCOC)NC(=O)c1cncnc1. The second kappa shape index (κ2) is 7.54. The third-order valence-corrected chi connectivity index (χ3v) is 2.74. The molecule has 7 nitrogen and oxygen atoms in total. The Morgan fingerprint density at radius 1 is 1.35 bits per heavy atom. The normalized spacial score (nSPS) is 13.3. The van der Waals surface area contributed by atoms with Crippen LogP contribution in [0.4, 0.5) is 0 Å². The van der Waals surface area contributed by atoms with E-state index in [0.717, 1.165) is 0 Å². The lowest BCUT2D eigenvalue weighted by Gasteiger charge is -2.28. The van der Waals surface area contributed by atoms with E-state index in [2.05, 4.69) is 15.3 Å². The summed E-state index contributed by atoms with van der Waals surface area (Å²) in [4.78, 5) is 31.6. The van der Waals surface area contributed by atoms with E-state index < -0.39 is 17.4 Å². The van der Waals surface area contributed by atoms with Gasteiger partial charge >= 0.3 is 5.97 Å². The minimum Gasteiger partial charge on any atom is -0.464 e. The van der Waals surface area contributed by atoms with Crippen molar-refractivity contribution in [2.24, 2.45) is 0 Å². The second-order valence-corrected chi connectivity index (χ2v) is 4.38. The number of nitrogens with one attached hydrogen (secondary N) is 1. The molecule has 110 valence electrons. The van der Waals surface area contributed by atoms with Crippen LogP contribution in [0, 0.1) is 0 Å². The molecule has 0 aliphatic heterocycles. The zero-order valence-corrected chi connectivity index (χ0v) is 11.9. The Kier molecular flexibility index (Phi) is 6.05. The van der Waals surface area contributed by atoms with Crippen LogP contribution in [0.2, 0.25) is 0 Å². The maximum atomic E-state index is 12.1. The lowest BCUT2D eigenvalue weighted by Crippen LogP contribution is -2.53. The molecular weight excluding hydrogens is 262 g/mol. The predicted octanol–water partition coefficient (Wildman–Crippen LogP) is 0.565. The van der Waals surface area contributed by atoms with Crippen molar-refractivity contribution in [3.05, 3.63) is 24.3 Å². The van der Waals surface area contributed by atoms with Crippen molar-refractivity contribution in [3.63, 3.8) is 0 Å². The molecular formula is C13H19N3O4. The summed E-state index contributed by atoms with van der Waals surface area (Å²) in [6, 6.07) is 0. The van der Waals surface area contributed by atoms with Gasteiger partial charge in [-0.05, 0) is 13.8 Å². The van der Waals surface area contributed by atoms with E-state index in [1.807, 2.05) is 0 Å². The number of hydrogen-bond acceptors (Lipinski definition) is 6. The smallest absolute Gasteiger partial charge is 0.331 e. The van der Waals surface area contributed by atoms with Gasteiger partial charge < -0.3 is 14.8 Å². The average Bonchev–Trinajstić information content (AvgIpc) is 2.46. The topological polar surface area (TPSA) is 90.4 Å². The van der Waals surface area contributed by atoms with Gasteiger partial charge in [-0.15, -0.1) is 0 Å². The van der Waals surface area contributed by atoms with Gasteiger partial charge in [-0.25, -0.2) is 14.8 Å². The average molecular weight is 281 g/mol. The van der Waals surface area contributed by atoms with Crippen molar-refractivity contribution in [1.82, 2.24) is 15.3 Å². The highest BCUT2D eigenvalue weighted by molar-refractivity contribution is 5.97. The van der Waals surface area contributed by atoms with Crippen molar-refractivity contribution >= 4 is 11.9 Å². The van der Waals surface area contributed by atoms with Crippen molar-refractivity contribution < 1.29 is 19.1 Å². The fourth-order valence-corrected chi connectivity index (χ4v) is 1.55. The quantitative estimate of drug-likeness (QED) is 0.735. The highest BCUT2D eigenvalue weighted by Crippen LogP contribution is 2.14. The molecule has 0 spiro atoms. The monoisotopic (exact) mass is 281 g/mol. The molecule has 1 atom stereocenters. The van der Waals surface area contributed by atoms with Crippen LogP contribution in [0.15, 0.2) is 18.7 Å². The molecule has 0 aliphatic rings. The van der Waals surface area contributed by atoms with Crippen molar-refractivity contribution in [1.29, 1.82) is 0 Å². The first kappa shape index (κ1) is 16.0. The largest absolute Gasteiger partial charge is 0.464 e. The summed E-state index contributed by atoms with van der Waals surface area (Å²) in [6.07, 6.45) is 4.39. The number of esters is 1. The molecule has 1 aromatic heterocycles. The van der Waals surface area contributed by atoms with E-state index in [-0.39, 0.29) is 12.2 Å². The molecule has 1 unspecified atom stereocenters. The number of carbonyl (C=O) groups is 2. The van der Waals surface area contributed by atoms with Crippen molar-refractivity contribution in [3.8, 4) is 0 Å². The number of aromatic nitrogens is 2. The van der Waals surface area contributed by atoms with Gasteiger partial charge in [-0.3, -0.25) is 4.79 Å². The molecule has 20 heavy (non-hydrogen) atoms. The molecule has 1 heterocycles. The summed E-state index contributed by atoms with van der Waals surface area (Å²) < 4.78 is 9.97. The van der Waals surface area contributed by atoms with Crippen LogP contribution < -0.4 is 5.32 Å². The van der Waals surface area contributed by atoms with Gasteiger partial charge in [-0.2, -0.15) is 0 Å². The summed E-state index contributed by atoms with van der Waals surface area (Å²) in [5, 5.41) is 2.66. The highest BCUT2D eigenvalue weighted by Gasteiger charge is 2.36. The maximum Gasteiger partial charge on any atom is 0.331 e. The lowest BCUT2D eigenvalue weighted by molar-refractivity contribution is -0.150. The van der Waals surface area contributed by atoms with Crippen LogP contribution in [-0.2, 0) is 14.3 Å². The van der Waals surface area contributed by atoms with Crippen molar-refractivity contribution in [2.45, 2.75) is 25.8 Å². The number of rotatable bonds is 7. The van der Waals surface area contributed by atoms with Gasteiger partial charge in [0.1, 0.15) is 11.9 Å². The first-order chi connectivity index (χ1) is 9.53. The first-order valence-corrected chi connectivity index (χ1v) is 6.27. The number of ether oxygens (including phenoxy) is 2. The summed E-state index contributed by atoms with van der Waals surface area (Å²) in [5.41, 5.74) is -0.876. The fourth-order valence-electron chi connectivity index (χ4n) is 1.55. The molecule has 1 N–H and O–H groups in total. The van der Waals surface area contributed by atoms with E-state index >= 15 is 0 Å². The number of carbonyl (C=O) groups excluding carboxylic acids is 2. The molecule has 0 saturated carbocycles. The van der Waals surface area contributed by atoms with Gasteiger partial charge in [0, 0.05) is 32.5 Å². The molecule has 1 rings (SSSR count). The Hall–Kier alpha value is -2.02. The minimum atomic E-state index is -1.15. The van der Waals surface area contributed by atoms with Gasteiger partial charge in [0.2, 0.25) is 0 Å². The Balaban J connectivity index is 2.83. The van der Waals surface area contributed by atoms with Gasteiger partial charge in [-0.1, -0.05) is 0 Å². The molecule has 0 saturated heterocycles. The van der Waals surface area contributed by atoms with Gasteiger partial charge in [0.15, 0.2) is 0 Å². The molecule has 0 aliphatic carbocycles. The lowest BCUT2D eigenvalue weighted by atomic mass is 9.98. The van der Waals surface area contributed by atoms with Crippen LogP contribution in [0.25, 0.3) is 0 Å². The van der Waals surface area contributed by atoms with Crippen molar-refractivity contribution in [2.75, 3.05) is 20.3 Å². The number of hydrogen-bond donors (Lipinski definition) is 1. The first-order valence-electron chi connectivity index (χ1n) is 6.27. The molecule has 1 amide bonds. The Labute approximate surface area is 117 Å². The van der Waals surface area contributed by atoms with Gasteiger partial charge in [0.25, 0.3) is 5.91 Å². The highest BCUT2D eigenvalue weighted by atomic mass is 16.5. The summed E-state index contributed by atoms with van der Waals surface area (Å²) >= 11 is 0. The molecule has 0 aromatic carbocycles. The number of methoxy groups -OCH3 is 1. The zero-order chi connectivity index (χ0) is 15.0. The Morgan fingerprint density at radius 3 is 2.55 bits per heavy atom. The second-order valence-electron chi connectivity index (χ2n) is 4.38. The number of nitrogens with zero attached hydrogens (tertiary/aromatic N) is 2. The fraction of sp³-hybridized carbons (Fsp3) is 0.538. The molecule has 0 fully saturated rings. The summed E-state index contributed by atoms with van der Waals surface area (Å²) in [7, 11) is 1.53. The van der Waals surface area contributed by atoms with Crippen LogP contribution in [0.3, 0.4) is 0 Å². The molecule has 1 aromatic rings. The van der Waals surface area contributed by atoms with E-state index in [4.69, 9.17) is 9.47 Å². The number of amides is 1. The molecule has 7 heteroatoms. The Morgan fingerprint density at radius 2 is 2.00 bits per heavy atom.